The van der Waals surface area contributed by atoms with Gasteiger partial charge in [-0.2, -0.15) is 6.26 Å². The van der Waals surface area contributed by atoms with Gasteiger partial charge >= 0.3 is 29.6 Å². The molecule has 2 heteroatoms. The van der Waals surface area contributed by atoms with Crippen molar-refractivity contribution in [3.05, 3.63) is 12.8 Å². The average molecular weight is 66.0 g/mol. The third-order valence-electron chi connectivity index (χ3n) is 0. The Bertz CT molecular complexity index is 13.5. The molecule has 0 aliphatic rings. The molecule has 0 atom stereocenters. The van der Waals surface area contributed by atoms with Crippen molar-refractivity contribution in [1.82, 2.24) is 0 Å². The number of rotatable bonds is 0. The number of hydrogen-bond donors (Lipinski definition) is 0. The molecule has 1 nitrogen and oxygen atoms in total. The summed E-state index contributed by atoms with van der Waals surface area (Å²) < 4.78 is 0. The SMILES string of the molecule is C=C[O-].[Na+]. The molecule has 0 N–H and O–H groups in total. The summed E-state index contributed by atoms with van der Waals surface area (Å²) >= 11 is 0. The molecule has 0 amide bonds. The van der Waals surface area contributed by atoms with Gasteiger partial charge in [0.2, 0.25) is 0 Å². The molecule has 4 heavy (non-hydrogen) atoms. The molecule has 0 unspecified atom stereocenters. The quantitative estimate of drug-likeness (QED) is 0.212. The molecule has 0 bridgehead atoms. The first-order valence-electron chi connectivity index (χ1n) is 0.644. The minimum absolute atomic E-state index is 0. The summed E-state index contributed by atoms with van der Waals surface area (Å²) in [5, 5.41) is 8.69. The summed E-state index contributed by atoms with van der Waals surface area (Å²) in [7, 11) is 0. The molecule has 0 fully saturated rings. The van der Waals surface area contributed by atoms with Crippen LogP contribution in [0.1, 0.15) is 0 Å². The molecule has 0 spiro atoms. The topological polar surface area (TPSA) is 23.1 Å². The van der Waals surface area contributed by atoms with Crippen LogP contribution in [0.5, 0.6) is 0 Å². The van der Waals surface area contributed by atoms with Crippen molar-refractivity contribution < 1.29 is 34.7 Å². The zero-order chi connectivity index (χ0) is 2.71. The maximum atomic E-state index is 8.69. The standard InChI is InChI=1S/C2H4O.Na/c1-2-3;/h2-3H,1H2;/q;+1/p-1. The van der Waals surface area contributed by atoms with E-state index in [0.717, 1.165) is 0 Å². The van der Waals surface area contributed by atoms with Gasteiger partial charge < -0.3 is 5.11 Å². The second kappa shape index (κ2) is 9.63. The molecule has 0 rings (SSSR count). The first-order chi connectivity index (χ1) is 1.41. The average Bonchev–Trinajstić information content (AvgIpc) is 0.918. The third-order valence-corrected chi connectivity index (χ3v) is 0. The Morgan fingerprint density at radius 2 is 1.75 bits per heavy atom. The van der Waals surface area contributed by atoms with E-state index in [4.69, 9.17) is 5.11 Å². The van der Waals surface area contributed by atoms with Gasteiger partial charge in [0.1, 0.15) is 0 Å². The zero-order valence-corrected chi connectivity index (χ0v) is 4.69. The predicted octanol–water partition coefficient (Wildman–Crippen LogP) is -3.51. The second-order valence-corrected chi connectivity index (χ2v) is 0.167. The van der Waals surface area contributed by atoms with Gasteiger partial charge in [0.15, 0.2) is 0 Å². The Morgan fingerprint density at radius 1 is 1.75 bits per heavy atom. The van der Waals surface area contributed by atoms with E-state index in [-0.39, 0.29) is 29.6 Å². The van der Waals surface area contributed by atoms with Gasteiger partial charge in [-0.1, -0.05) is 0 Å². The summed E-state index contributed by atoms with van der Waals surface area (Å²) in [6.45, 7) is 2.81. The second-order valence-electron chi connectivity index (χ2n) is 0.167. The minimum Gasteiger partial charge on any atom is -0.878 e. The normalized spacial score (nSPS) is 3.00. The molecule has 0 saturated heterocycles. The number of hydrogen-bond acceptors (Lipinski definition) is 1. The fourth-order valence-corrected chi connectivity index (χ4v) is 0. The van der Waals surface area contributed by atoms with Gasteiger partial charge in [0, 0.05) is 0 Å². The van der Waals surface area contributed by atoms with Crippen molar-refractivity contribution in [2.24, 2.45) is 0 Å². The molecule has 18 valence electrons. The smallest absolute Gasteiger partial charge is 0.878 e. The van der Waals surface area contributed by atoms with Crippen molar-refractivity contribution in [2.75, 3.05) is 0 Å². The first-order valence-corrected chi connectivity index (χ1v) is 0.644. The van der Waals surface area contributed by atoms with Crippen LogP contribution >= 0.6 is 0 Å². The van der Waals surface area contributed by atoms with Gasteiger partial charge in [-0.25, -0.2) is 0 Å². The van der Waals surface area contributed by atoms with E-state index in [1.54, 1.807) is 0 Å². The Morgan fingerprint density at radius 3 is 1.75 bits per heavy atom. The van der Waals surface area contributed by atoms with E-state index >= 15 is 0 Å². The van der Waals surface area contributed by atoms with Crippen LogP contribution in [0.3, 0.4) is 0 Å². The van der Waals surface area contributed by atoms with E-state index in [0.29, 0.717) is 6.26 Å². The van der Waals surface area contributed by atoms with Crippen molar-refractivity contribution in [1.29, 1.82) is 0 Å². The van der Waals surface area contributed by atoms with Crippen LogP contribution in [0, 0.1) is 0 Å². The van der Waals surface area contributed by atoms with E-state index in [9.17, 15) is 0 Å². The molecule has 0 saturated carbocycles. The van der Waals surface area contributed by atoms with Crippen LogP contribution in [-0.2, 0) is 0 Å². The maximum Gasteiger partial charge on any atom is 1.00 e. The van der Waals surface area contributed by atoms with Crippen LogP contribution in [0.2, 0.25) is 0 Å². The van der Waals surface area contributed by atoms with Crippen molar-refractivity contribution in [3.8, 4) is 0 Å². The van der Waals surface area contributed by atoms with E-state index in [1.165, 1.54) is 0 Å². The van der Waals surface area contributed by atoms with Gasteiger partial charge in [0.05, 0.1) is 0 Å². The van der Waals surface area contributed by atoms with E-state index in [1.807, 2.05) is 0 Å². The molecular weight excluding hydrogens is 63.0 g/mol. The molecule has 0 aromatic carbocycles. The maximum absolute atomic E-state index is 8.69. The van der Waals surface area contributed by atoms with Crippen LogP contribution in [0.25, 0.3) is 0 Å². The molecule has 0 aromatic heterocycles. The Labute approximate surface area is 47.6 Å². The Hall–Kier alpha value is 0.540. The van der Waals surface area contributed by atoms with Crippen LogP contribution in [0.15, 0.2) is 12.8 Å². The molecule has 0 radical (unpaired) electrons. The summed E-state index contributed by atoms with van der Waals surface area (Å²) in [5.41, 5.74) is 0. The molecule has 0 heterocycles. The van der Waals surface area contributed by atoms with Crippen molar-refractivity contribution >= 4 is 0 Å². The fraction of sp³-hybridized carbons (Fsp3) is 0. The molecular formula is C2H3NaO. The summed E-state index contributed by atoms with van der Waals surface area (Å²) in [4.78, 5) is 0. The van der Waals surface area contributed by atoms with Crippen LogP contribution < -0.4 is 34.7 Å². The largest absolute Gasteiger partial charge is 1.00 e. The summed E-state index contributed by atoms with van der Waals surface area (Å²) in [6, 6.07) is 0. The van der Waals surface area contributed by atoms with Crippen molar-refractivity contribution in [2.45, 2.75) is 0 Å². The fourth-order valence-electron chi connectivity index (χ4n) is 0. The zero-order valence-electron chi connectivity index (χ0n) is 2.69. The summed E-state index contributed by atoms with van der Waals surface area (Å²) in [6.07, 6.45) is 0.500. The van der Waals surface area contributed by atoms with Crippen LogP contribution in [-0.4, -0.2) is 0 Å². The molecule has 0 aliphatic heterocycles. The molecule has 0 aliphatic carbocycles. The third kappa shape index (κ3) is 20.7. The van der Waals surface area contributed by atoms with Gasteiger partial charge in [-0.15, -0.1) is 6.58 Å². The van der Waals surface area contributed by atoms with Crippen LogP contribution in [0.4, 0.5) is 0 Å². The van der Waals surface area contributed by atoms with Gasteiger partial charge in [0.25, 0.3) is 0 Å². The monoisotopic (exact) mass is 66.0 g/mol. The Kier molecular flexibility index (Phi) is 21.2. The summed E-state index contributed by atoms with van der Waals surface area (Å²) in [5.74, 6) is 0. The van der Waals surface area contributed by atoms with Gasteiger partial charge in [-0.3, -0.25) is 0 Å². The first kappa shape index (κ1) is 8.82. The van der Waals surface area contributed by atoms with E-state index in [2.05, 4.69) is 6.58 Å². The minimum atomic E-state index is 0. The molecule has 0 aromatic rings. The van der Waals surface area contributed by atoms with E-state index < -0.39 is 0 Å². The predicted molar refractivity (Wildman–Crippen MR) is 10.2 cm³/mol. The van der Waals surface area contributed by atoms with Crippen molar-refractivity contribution in [3.63, 3.8) is 0 Å². The van der Waals surface area contributed by atoms with Gasteiger partial charge in [-0.05, 0) is 0 Å². The Balaban J connectivity index is 0.